The van der Waals surface area contributed by atoms with Crippen LogP contribution in [0.25, 0.3) is 10.8 Å². The summed E-state index contributed by atoms with van der Waals surface area (Å²) in [5, 5.41) is 5.11. The van der Waals surface area contributed by atoms with Crippen molar-refractivity contribution < 1.29 is 13.2 Å². The Morgan fingerprint density at radius 2 is 1.68 bits per heavy atom. The molecule has 0 aliphatic heterocycles. The highest BCUT2D eigenvalue weighted by molar-refractivity contribution is 9.10. The van der Waals surface area contributed by atoms with Crippen LogP contribution < -0.4 is 5.32 Å². The highest BCUT2D eigenvalue weighted by Gasteiger charge is 2.25. The van der Waals surface area contributed by atoms with Crippen molar-refractivity contribution >= 4 is 32.4 Å². The summed E-state index contributed by atoms with van der Waals surface area (Å²) in [5.74, 6) is 0. The van der Waals surface area contributed by atoms with Crippen LogP contribution in [-0.4, -0.2) is 12.7 Å². The van der Waals surface area contributed by atoms with E-state index in [9.17, 15) is 13.2 Å². The average molecular weight is 332 g/mol. The van der Waals surface area contributed by atoms with Gasteiger partial charge in [0, 0.05) is 28.5 Å². The Balaban J connectivity index is 2.07. The quantitative estimate of drug-likeness (QED) is 0.744. The lowest BCUT2D eigenvalue weighted by molar-refractivity contribution is -0.134. The lowest BCUT2D eigenvalue weighted by Crippen LogP contribution is -2.11. The second-order valence-corrected chi connectivity index (χ2v) is 5.14. The monoisotopic (exact) mass is 331 g/mol. The summed E-state index contributed by atoms with van der Waals surface area (Å²) in [4.78, 5) is 0. The van der Waals surface area contributed by atoms with Crippen molar-refractivity contribution in [2.24, 2.45) is 0 Å². The Hall–Kier alpha value is -1.23. The first kappa shape index (κ1) is 14.2. The molecule has 0 unspecified atom stereocenters. The maximum absolute atomic E-state index is 12.1. The molecule has 2 aromatic rings. The molecule has 0 fully saturated rings. The first-order valence-electron chi connectivity index (χ1n) is 5.95. The smallest absolute Gasteiger partial charge is 0.385 e. The Kier molecular flexibility index (Phi) is 4.34. The van der Waals surface area contributed by atoms with Gasteiger partial charge in [0.15, 0.2) is 0 Å². The molecular formula is C14H13BrF3N. The van der Waals surface area contributed by atoms with Crippen LogP contribution in [0.5, 0.6) is 0 Å². The number of rotatable bonds is 4. The van der Waals surface area contributed by atoms with Gasteiger partial charge in [-0.2, -0.15) is 13.2 Å². The lowest BCUT2D eigenvalue weighted by atomic mass is 10.1. The Morgan fingerprint density at radius 3 is 2.37 bits per heavy atom. The van der Waals surface area contributed by atoms with E-state index in [2.05, 4.69) is 21.2 Å². The molecule has 2 rings (SSSR count). The molecule has 0 aliphatic rings. The van der Waals surface area contributed by atoms with E-state index in [1.54, 1.807) is 0 Å². The van der Waals surface area contributed by atoms with Gasteiger partial charge in [-0.3, -0.25) is 0 Å². The molecule has 0 amide bonds. The van der Waals surface area contributed by atoms with Crippen molar-refractivity contribution in [3.63, 3.8) is 0 Å². The zero-order chi connectivity index (χ0) is 13.9. The van der Waals surface area contributed by atoms with Crippen LogP contribution in [0.2, 0.25) is 0 Å². The number of alkyl halides is 3. The molecule has 0 atom stereocenters. The van der Waals surface area contributed by atoms with Gasteiger partial charge in [-0.25, -0.2) is 0 Å². The van der Waals surface area contributed by atoms with Crippen LogP contribution in [0.3, 0.4) is 0 Å². The molecule has 0 bridgehead atoms. The number of halogens is 4. The van der Waals surface area contributed by atoms with E-state index in [4.69, 9.17) is 0 Å². The largest absolute Gasteiger partial charge is 0.389 e. The molecule has 2 aromatic carbocycles. The molecule has 0 spiro atoms. The van der Waals surface area contributed by atoms with Crippen LogP contribution in [0.15, 0.2) is 40.9 Å². The maximum atomic E-state index is 12.1. The van der Waals surface area contributed by atoms with Crippen molar-refractivity contribution in [3.8, 4) is 0 Å². The summed E-state index contributed by atoms with van der Waals surface area (Å²) < 4.78 is 37.1. The molecule has 0 aromatic heterocycles. The molecule has 102 valence electrons. The fourth-order valence-electron chi connectivity index (χ4n) is 1.93. The van der Waals surface area contributed by atoms with Crippen molar-refractivity contribution in [2.75, 3.05) is 11.9 Å². The minimum Gasteiger partial charge on any atom is -0.385 e. The highest BCUT2D eigenvalue weighted by atomic mass is 79.9. The number of hydrogen-bond acceptors (Lipinski definition) is 1. The van der Waals surface area contributed by atoms with E-state index in [1.807, 2.05) is 36.4 Å². The van der Waals surface area contributed by atoms with Gasteiger partial charge in [-0.05, 0) is 23.9 Å². The van der Waals surface area contributed by atoms with Crippen LogP contribution in [-0.2, 0) is 0 Å². The molecule has 5 heteroatoms. The minimum atomic E-state index is -4.08. The summed E-state index contributed by atoms with van der Waals surface area (Å²) in [6, 6.07) is 11.5. The summed E-state index contributed by atoms with van der Waals surface area (Å²) in [7, 11) is 0. The molecule has 1 nitrogen and oxygen atoms in total. The van der Waals surface area contributed by atoms with E-state index < -0.39 is 12.6 Å². The first-order chi connectivity index (χ1) is 8.97. The van der Waals surface area contributed by atoms with E-state index in [0.717, 1.165) is 20.9 Å². The average Bonchev–Trinajstić information content (AvgIpc) is 2.36. The van der Waals surface area contributed by atoms with E-state index in [-0.39, 0.29) is 6.42 Å². The van der Waals surface area contributed by atoms with Gasteiger partial charge in [0.1, 0.15) is 0 Å². The van der Waals surface area contributed by atoms with Gasteiger partial charge < -0.3 is 5.32 Å². The second-order valence-electron chi connectivity index (χ2n) is 4.29. The van der Waals surface area contributed by atoms with Crippen LogP contribution >= 0.6 is 15.9 Å². The third-order valence-corrected chi connectivity index (χ3v) is 3.51. The topological polar surface area (TPSA) is 12.0 Å². The third kappa shape index (κ3) is 3.86. The van der Waals surface area contributed by atoms with Gasteiger partial charge in [-0.15, -0.1) is 0 Å². The van der Waals surface area contributed by atoms with Gasteiger partial charge in [0.25, 0.3) is 0 Å². The Morgan fingerprint density at radius 1 is 1.00 bits per heavy atom. The van der Waals surface area contributed by atoms with Crippen molar-refractivity contribution in [2.45, 2.75) is 19.0 Å². The first-order valence-corrected chi connectivity index (χ1v) is 6.74. The molecule has 0 radical (unpaired) electrons. The fourth-order valence-corrected chi connectivity index (χ4v) is 2.41. The fraction of sp³-hybridized carbons (Fsp3) is 0.286. The molecular weight excluding hydrogens is 319 g/mol. The van der Waals surface area contributed by atoms with Crippen LogP contribution in [0.4, 0.5) is 18.9 Å². The maximum Gasteiger partial charge on any atom is 0.389 e. The Labute approximate surface area is 117 Å². The SMILES string of the molecule is FC(F)(F)CCCNc1ccc(Br)c2ccccc12. The molecule has 0 saturated heterocycles. The lowest BCUT2D eigenvalue weighted by Gasteiger charge is -2.11. The molecule has 1 N–H and O–H groups in total. The minimum absolute atomic E-state index is 0.0773. The van der Waals surface area contributed by atoms with Crippen LogP contribution in [0.1, 0.15) is 12.8 Å². The van der Waals surface area contributed by atoms with E-state index in [1.165, 1.54) is 0 Å². The van der Waals surface area contributed by atoms with Gasteiger partial charge in [0.05, 0.1) is 0 Å². The molecule has 0 aliphatic carbocycles. The van der Waals surface area contributed by atoms with Gasteiger partial charge in [-0.1, -0.05) is 40.2 Å². The number of benzene rings is 2. The number of nitrogens with one attached hydrogen (secondary N) is 1. The zero-order valence-corrected chi connectivity index (χ0v) is 11.7. The predicted molar refractivity (Wildman–Crippen MR) is 75.4 cm³/mol. The van der Waals surface area contributed by atoms with Crippen molar-refractivity contribution in [1.82, 2.24) is 0 Å². The highest BCUT2D eigenvalue weighted by Crippen LogP contribution is 2.30. The standard InChI is InChI=1S/C14H13BrF3N/c15-12-6-7-13(11-5-2-1-4-10(11)12)19-9-3-8-14(16,17)18/h1-2,4-7,19H,3,8-9H2. The normalized spacial score (nSPS) is 11.8. The summed E-state index contributed by atoms with van der Waals surface area (Å²) in [6.07, 6.45) is -4.76. The third-order valence-electron chi connectivity index (χ3n) is 2.82. The van der Waals surface area contributed by atoms with E-state index >= 15 is 0 Å². The van der Waals surface area contributed by atoms with E-state index in [0.29, 0.717) is 6.54 Å². The summed E-state index contributed by atoms with van der Waals surface area (Å²) in [6.45, 7) is 0.311. The zero-order valence-electron chi connectivity index (χ0n) is 10.1. The molecule has 0 heterocycles. The number of fused-ring (bicyclic) bond motifs is 1. The summed E-state index contributed by atoms with van der Waals surface area (Å²) in [5.41, 5.74) is 0.862. The number of hydrogen-bond donors (Lipinski definition) is 1. The Bertz CT molecular complexity index is 566. The number of anilines is 1. The summed E-state index contributed by atoms with van der Waals surface area (Å²) >= 11 is 3.46. The second kappa shape index (κ2) is 5.82. The van der Waals surface area contributed by atoms with Gasteiger partial charge >= 0.3 is 6.18 Å². The van der Waals surface area contributed by atoms with Crippen molar-refractivity contribution in [1.29, 1.82) is 0 Å². The molecule has 0 saturated carbocycles. The van der Waals surface area contributed by atoms with Crippen LogP contribution in [0, 0.1) is 0 Å². The predicted octanol–water partition coefficient (Wildman–Crippen LogP) is 5.36. The van der Waals surface area contributed by atoms with Crippen molar-refractivity contribution in [3.05, 3.63) is 40.9 Å². The van der Waals surface area contributed by atoms with Gasteiger partial charge in [0.2, 0.25) is 0 Å². The molecule has 19 heavy (non-hydrogen) atoms.